The second-order valence-electron chi connectivity index (χ2n) is 5.15. The van der Waals surface area contributed by atoms with Crippen molar-refractivity contribution in [3.8, 4) is 0 Å². The summed E-state index contributed by atoms with van der Waals surface area (Å²) < 4.78 is 28.9. The summed E-state index contributed by atoms with van der Waals surface area (Å²) in [5, 5.41) is 4.13. The number of aryl methyl sites for hydroxylation is 2. The molecule has 0 fully saturated rings. The van der Waals surface area contributed by atoms with E-state index >= 15 is 0 Å². The summed E-state index contributed by atoms with van der Waals surface area (Å²) in [6.07, 6.45) is 0. The lowest BCUT2D eigenvalue weighted by Gasteiger charge is -2.21. The molecule has 1 N–H and O–H groups in total. The smallest absolute Gasteiger partial charge is 0.266 e. The monoisotopic (exact) mass is 356 g/mol. The number of nitrogens with one attached hydrogen (secondary N) is 1. The van der Waals surface area contributed by atoms with Gasteiger partial charge in [-0.25, -0.2) is 8.42 Å². The van der Waals surface area contributed by atoms with Crippen molar-refractivity contribution < 1.29 is 8.42 Å². The molecule has 2 rings (SSSR count). The Hall–Kier alpha value is -1.73. The average Bonchev–Trinajstić information content (AvgIpc) is 2.75. The van der Waals surface area contributed by atoms with Crippen molar-refractivity contribution in [3.05, 3.63) is 35.1 Å². The highest BCUT2D eigenvalue weighted by atomic mass is 35.5. The van der Waals surface area contributed by atoms with Crippen molar-refractivity contribution in [3.63, 3.8) is 0 Å². The maximum absolute atomic E-state index is 12.5. The number of sulfonamides is 1. The Labute approximate surface area is 142 Å². The normalized spacial score (nSPS) is 11.5. The molecule has 23 heavy (non-hydrogen) atoms. The van der Waals surface area contributed by atoms with E-state index in [0.29, 0.717) is 11.4 Å². The molecule has 6 nitrogen and oxygen atoms in total. The van der Waals surface area contributed by atoms with Crippen LogP contribution in [0.5, 0.6) is 0 Å². The van der Waals surface area contributed by atoms with Gasteiger partial charge in [0.15, 0.2) is 0 Å². The van der Waals surface area contributed by atoms with Crippen molar-refractivity contribution in [1.82, 2.24) is 9.78 Å². The fraction of sp³-hybridized carbons (Fsp3) is 0.400. The molecule has 1 heterocycles. The van der Waals surface area contributed by atoms with Crippen LogP contribution in [0.2, 0.25) is 5.15 Å². The maximum Gasteiger partial charge on any atom is 0.266 e. The molecular formula is C15H21ClN4O2S. The van der Waals surface area contributed by atoms with E-state index in [1.54, 1.807) is 26.1 Å². The molecule has 0 radical (unpaired) electrons. The Balaban J connectivity index is 2.27. The zero-order valence-electron chi connectivity index (χ0n) is 13.7. The first-order valence-corrected chi connectivity index (χ1v) is 9.23. The Kier molecular flexibility index (Phi) is 5.21. The summed E-state index contributed by atoms with van der Waals surface area (Å²) in [5.74, 6) is 0. The van der Waals surface area contributed by atoms with Gasteiger partial charge in [-0.2, -0.15) is 5.10 Å². The second-order valence-corrected chi connectivity index (χ2v) is 7.13. The first-order chi connectivity index (χ1) is 10.8. The van der Waals surface area contributed by atoms with E-state index in [-0.39, 0.29) is 10.0 Å². The lowest BCUT2D eigenvalue weighted by atomic mass is 10.2. The van der Waals surface area contributed by atoms with Crippen LogP contribution in [0.4, 0.5) is 11.4 Å². The van der Waals surface area contributed by atoms with Gasteiger partial charge in [0.05, 0.1) is 5.69 Å². The third kappa shape index (κ3) is 3.61. The van der Waals surface area contributed by atoms with Crippen LogP contribution in [0, 0.1) is 6.92 Å². The molecule has 0 aliphatic rings. The minimum atomic E-state index is -3.78. The van der Waals surface area contributed by atoms with E-state index in [2.05, 4.69) is 28.6 Å². The van der Waals surface area contributed by atoms with Crippen molar-refractivity contribution >= 4 is 33.0 Å². The largest absolute Gasteiger partial charge is 0.372 e. The lowest BCUT2D eigenvalue weighted by Crippen LogP contribution is -2.21. The Morgan fingerprint density at radius 2 is 1.78 bits per heavy atom. The topological polar surface area (TPSA) is 67.2 Å². The molecule has 0 aliphatic carbocycles. The van der Waals surface area contributed by atoms with Gasteiger partial charge >= 0.3 is 0 Å². The van der Waals surface area contributed by atoms with Crippen molar-refractivity contribution in [2.24, 2.45) is 7.05 Å². The molecule has 0 unspecified atom stereocenters. The van der Waals surface area contributed by atoms with E-state index in [4.69, 9.17) is 11.6 Å². The highest BCUT2D eigenvalue weighted by Gasteiger charge is 2.25. The third-order valence-electron chi connectivity index (χ3n) is 3.62. The van der Waals surface area contributed by atoms with E-state index in [1.165, 1.54) is 4.68 Å². The quantitative estimate of drug-likeness (QED) is 0.863. The van der Waals surface area contributed by atoms with Crippen LogP contribution in [0.3, 0.4) is 0 Å². The molecule has 0 saturated heterocycles. The molecule has 0 atom stereocenters. The minimum Gasteiger partial charge on any atom is -0.372 e. The van der Waals surface area contributed by atoms with Gasteiger partial charge in [0.25, 0.3) is 10.0 Å². The Morgan fingerprint density at radius 3 is 2.22 bits per heavy atom. The fourth-order valence-corrected chi connectivity index (χ4v) is 4.26. The minimum absolute atomic E-state index is 0.00878. The van der Waals surface area contributed by atoms with Crippen LogP contribution in [-0.4, -0.2) is 31.3 Å². The molecule has 0 amide bonds. The predicted octanol–water partition coefficient (Wildman–Crippen LogP) is 3.03. The molecule has 1 aromatic heterocycles. The molecule has 2 aromatic rings. The van der Waals surface area contributed by atoms with E-state index < -0.39 is 10.0 Å². The van der Waals surface area contributed by atoms with E-state index in [9.17, 15) is 8.42 Å². The third-order valence-corrected chi connectivity index (χ3v) is 5.69. The number of halogens is 1. The molecule has 0 spiro atoms. The highest BCUT2D eigenvalue weighted by Crippen LogP contribution is 2.27. The highest BCUT2D eigenvalue weighted by molar-refractivity contribution is 7.92. The van der Waals surface area contributed by atoms with Gasteiger partial charge in [0.2, 0.25) is 0 Å². The number of hydrogen-bond donors (Lipinski definition) is 1. The van der Waals surface area contributed by atoms with Gasteiger partial charge in [-0.05, 0) is 45.0 Å². The van der Waals surface area contributed by atoms with Crippen LogP contribution in [0.1, 0.15) is 19.5 Å². The molecule has 1 aromatic carbocycles. The number of aromatic nitrogens is 2. The van der Waals surface area contributed by atoms with Gasteiger partial charge in [-0.15, -0.1) is 0 Å². The van der Waals surface area contributed by atoms with E-state index in [0.717, 1.165) is 18.8 Å². The Bertz CT molecular complexity index is 781. The molecule has 0 bridgehead atoms. The van der Waals surface area contributed by atoms with Crippen LogP contribution >= 0.6 is 11.6 Å². The fourth-order valence-electron chi connectivity index (χ4n) is 2.45. The standard InChI is InChI=1S/C15H21ClN4O2S/c1-5-20(6-2)13-9-7-12(8-10-13)18-23(21,22)14-11(3)17-19(4)15(14)16/h7-10,18H,5-6H2,1-4H3. The summed E-state index contributed by atoms with van der Waals surface area (Å²) >= 11 is 6.04. The van der Waals surface area contributed by atoms with Crippen molar-refractivity contribution in [2.75, 3.05) is 22.7 Å². The van der Waals surface area contributed by atoms with Crippen LogP contribution in [0.25, 0.3) is 0 Å². The van der Waals surface area contributed by atoms with Crippen molar-refractivity contribution in [1.29, 1.82) is 0 Å². The zero-order valence-corrected chi connectivity index (χ0v) is 15.2. The van der Waals surface area contributed by atoms with Gasteiger partial charge < -0.3 is 4.90 Å². The molecule has 8 heteroatoms. The first kappa shape index (κ1) is 17.6. The average molecular weight is 357 g/mol. The summed E-state index contributed by atoms with van der Waals surface area (Å²) in [5.41, 5.74) is 1.90. The summed E-state index contributed by atoms with van der Waals surface area (Å²) in [6, 6.07) is 7.26. The molecule has 126 valence electrons. The van der Waals surface area contributed by atoms with Gasteiger partial charge in [-0.3, -0.25) is 9.40 Å². The van der Waals surface area contributed by atoms with Crippen LogP contribution in [-0.2, 0) is 17.1 Å². The van der Waals surface area contributed by atoms with Crippen LogP contribution in [0.15, 0.2) is 29.2 Å². The van der Waals surface area contributed by atoms with E-state index in [1.807, 2.05) is 12.1 Å². The van der Waals surface area contributed by atoms with Gasteiger partial charge in [0, 0.05) is 31.5 Å². The first-order valence-electron chi connectivity index (χ1n) is 7.37. The van der Waals surface area contributed by atoms with Gasteiger partial charge in [0.1, 0.15) is 10.0 Å². The lowest BCUT2D eigenvalue weighted by molar-refractivity contribution is 0.600. The SMILES string of the molecule is CCN(CC)c1ccc(NS(=O)(=O)c2c(C)nn(C)c2Cl)cc1. The summed E-state index contributed by atoms with van der Waals surface area (Å²) in [4.78, 5) is 2.19. The number of benzene rings is 1. The van der Waals surface area contributed by atoms with Crippen molar-refractivity contribution in [2.45, 2.75) is 25.7 Å². The van der Waals surface area contributed by atoms with Gasteiger partial charge in [-0.1, -0.05) is 11.6 Å². The molecule has 0 saturated carbocycles. The number of nitrogens with zero attached hydrogens (tertiary/aromatic N) is 3. The summed E-state index contributed by atoms with van der Waals surface area (Å²) in [6.45, 7) is 7.56. The van der Waals surface area contributed by atoms with Crippen LogP contribution < -0.4 is 9.62 Å². The summed E-state index contributed by atoms with van der Waals surface area (Å²) in [7, 11) is -2.17. The number of anilines is 2. The molecular weight excluding hydrogens is 336 g/mol. The molecule has 0 aliphatic heterocycles. The Morgan fingerprint density at radius 1 is 1.22 bits per heavy atom. The second kappa shape index (κ2) is 6.80. The number of hydrogen-bond acceptors (Lipinski definition) is 4. The maximum atomic E-state index is 12.5. The number of rotatable bonds is 6. The zero-order chi connectivity index (χ0) is 17.2. The predicted molar refractivity (Wildman–Crippen MR) is 93.8 cm³/mol.